The molecule has 2 fully saturated rings. The van der Waals surface area contributed by atoms with Gasteiger partial charge in [-0.2, -0.15) is 4.31 Å². The van der Waals surface area contributed by atoms with Gasteiger partial charge in [0.05, 0.1) is 10.4 Å². The Morgan fingerprint density at radius 2 is 1.78 bits per heavy atom. The SMILES string of the molecule is C[C@@H]1C[C@H](C)CN(CCCNC(=O)c2cn(C)c3ccc(S(=O)(=O)N(C)C4CCCCC4)cc3c2=O)C1. The summed E-state index contributed by atoms with van der Waals surface area (Å²) in [6, 6.07) is 4.62. The van der Waals surface area contributed by atoms with Crippen LogP contribution in [-0.2, 0) is 17.1 Å². The quantitative estimate of drug-likeness (QED) is 0.527. The zero-order chi connectivity index (χ0) is 26.7. The minimum Gasteiger partial charge on any atom is -0.352 e. The molecule has 1 aliphatic carbocycles. The average Bonchev–Trinajstić information content (AvgIpc) is 2.87. The molecule has 0 radical (unpaired) electrons. The van der Waals surface area contributed by atoms with E-state index in [0.29, 0.717) is 23.9 Å². The summed E-state index contributed by atoms with van der Waals surface area (Å²) in [4.78, 5) is 28.8. The molecular formula is C28H42N4O4S. The zero-order valence-corrected chi connectivity index (χ0v) is 23.5. The molecular weight excluding hydrogens is 488 g/mol. The Kier molecular flexibility index (Phi) is 8.76. The first kappa shape index (κ1) is 27.8. The summed E-state index contributed by atoms with van der Waals surface area (Å²) in [5, 5.41) is 3.13. The number of piperidine rings is 1. The maximum atomic E-state index is 13.4. The fourth-order valence-electron chi connectivity index (χ4n) is 6.18. The highest BCUT2D eigenvalue weighted by molar-refractivity contribution is 7.89. The predicted molar refractivity (Wildman–Crippen MR) is 147 cm³/mol. The molecule has 2 atom stereocenters. The highest BCUT2D eigenvalue weighted by atomic mass is 32.2. The standard InChI is InChI=1S/C28H42N4O4S/c1-20-15-21(2)18-32(17-20)14-8-13-29-28(34)25-19-30(3)26-12-11-23(16-24(26)27(25)33)37(35,36)31(4)22-9-6-5-7-10-22/h11-12,16,19-22H,5-10,13-15,17-18H2,1-4H3,(H,29,34)/t20-,21+. The van der Waals surface area contributed by atoms with Crippen molar-refractivity contribution in [1.29, 1.82) is 0 Å². The predicted octanol–water partition coefficient (Wildman–Crippen LogP) is 3.59. The molecule has 1 saturated heterocycles. The van der Waals surface area contributed by atoms with Crippen LogP contribution in [0.1, 0.15) is 69.2 Å². The van der Waals surface area contributed by atoms with Crippen LogP contribution in [0.25, 0.3) is 10.9 Å². The Balaban J connectivity index is 1.49. The summed E-state index contributed by atoms with van der Waals surface area (Å²) < 4.78 is 29.9. The number of fused-ring (bicyclic) bond motifs is 1. The van der Waals surface area contributed by atoms with Crippen LogP contribution in [0.15, 0.2) is 34.1 Å². The fourth-order valence-corrected chi connectivity index (χ4v) is 7.62. The summed E-state index contributed by atoms with van der Waals surface area (Å²) in [5.41, 5.74) is 0.182. The van der Waals surface area contributed by atoms with Gasteiger partial charge in [-0.3, -0.25) is 9.59 Å². The lowest BCUT2D eigenvalue weighted by atomic mass is 9.92. The minimum absolute atomic E-state index is 0.0225. The van der Waals surface area contributed by atoms with E-state index in [9.17, 15) is 18.0 Å². The van der Waals surface area contributed by atoms with Gasteiger partial charge in [0.2, 0.25) is 15.5 Å². The number of carbonyl (C=O) groups excluding carboxylic acids is 1. The normalized spacial score (nSPS) is 22.0. The molecule has 2 aliphatic rings. The Hall–Kier alpha value is -2.23. The van der Waals surface area contributed by atoms with Gasteiger partial charge in [0.15, 0.2) is 0 Å². The summed E-state index contributed by atoms with van der Waals surface area (Å²) in [6.45, 7) is 8.14. The third kappa shape index (κ3) is 6.26. The molecule has 204 valence electrons. The van der Waals surface area contributed by atoms with Crippen molar-refractivity contribution < 1.29 is 13.2 Å². The van der Waals surface area contributed by atoms with E-state index in [1.165, 1.54) is 23.0 Å². The molecule has 1 aromatic carbocycles. The molecule has 1 saturated carbocycles. The van der Waals surface area contributed by atoms with Gasteiger partial charge in [0, 0.05) is 51.4 Å². The Morgan fingerprint density at radius 3 is 2.46 bits per heavy atom. The van der Waals surface area contributed by atoms with E-state index in [-0.39, 0.29) is 21.9 Å². The summed E-state index contributed by atoms with van der Waals surface area (Å²) in [7, 11) is -0.358. The van der Waals surface area contributed by atoms with Gasteiger partial charge in [-0.25, -0.2) is 8.42 Å². The molecule has 0 unspecified atom stereocenters. The first-order valence-electron chi connectivity index (χ1n) is 13.7. The lowest BCUT2D eigenvalue weighted by molar-refractivity contribution is 0.0945. The van der Waals surface area contributed by atoms with Crippen LogP contribution in [0.2, 0.25) is 0 Å². The topological polar surface area (TPSA) is 91.7 Å². The second-order valence-electron chi connectivity index (χ2n) is 11.3. The minimum atomic E-state index is -3.75. The summed E-state index contributed by atoms with van der Waals surface area (Å²) in [5.74, 6) is 0.959. The zero-order valence-electron chi connectivity index (χ0n) is 22.7. The van der Waals surface area contributed by atoms with Crippen molar-refractivity contribution in [1.82, 2.24) is 19.1 Å². The Labute approximate surface area is 221 Å². The first-order valence-corrected chi connectivity index (χ1v) is 15.1. The molecule has 1 aromatic heterocycles. The summed E-state index contributed by atoms with van der Waals surface area (Å²) in [6.07, 6.45) is 8.51. The van der Waals surface area contributed by atoms with E-state index in [1.54, 1.807) is 30.8 Å². The number of hydrogen-bond donors (Lipinski definition) is 1. The van der Waals surface area contributed by atoms with Gasteiger partial charge in [-0.1, -0.05) is 33.1 Å². The van der Waals surface area contributed by atoms with Gasteiger partial charge >= 0.3 is 0 Å². The number of likely N-dealkylation sites (tertiary alicyclic amines) is 1. The molecule has 4 rings (SSSR count). The number of hydrogen-bond acceptors (Lipinski definition) is 5. The van der Waals surface area contributed by atoms with Crippen molar-refractivity contribution in [2.24, 2.45) is 18.9 Å². The van der Waals surface area contributed by atoms with E-state index in [2.05, 4.69) is 24.1 Å². The van der Waals surface area contributed by atoms with Crippen LogP contribution in [0.4, 0.5) is 0 Å². The number of rotatable bonds is 8. The second-order valence-corrected chi connectivity index (χ2v) is 13.3. The van der Waals surface area contributed by atoms with Gasteiger partial charge in [0.25, 0.3) is 5.91 Å². The molecule has 0 spiro atoms. The number of benzene rings is 1. The first-order chi connectivity index (χ1) is 17.6. The highest BCUT2D eigenvalue weighted by Gasteiger charge is 2.29. The van der Waals surface area contributed by atoms with Crippen molar-refractivity contribution in [3.05, 3.63) is 40.2 Å². The second kappa shape index (κ2) is 11.7. The maximum Gasteiger partial charge on any atom is 0.256 e. The van der Waals surface area contributed by atoms with E-state index in [4.69, 9.17) is 0 Å². The van der Waals surface area contributed by atoms with E-state index < -0.39 is 21.4 Å². The Morgan fingerprint density at radius 1 is 1.11 bits per heavy atom. The molecule has 1 aliphatic heterocycles. The van der Waals surface area contributed by atoms with E-state index >= 15 is 0 Å². The smallest absolute Gasteiger partial charge is 0.256 e. The van der Waals surface area contributed by atoms with Crippen molar-refractivity contribution in [3.8, 4) is 0 Å². The van der Waals surface area contributed by atoms with Crippen LogP contribution >= 0.6 is 0 Å². The van der Waals surface area contributed by atoms with Crippen LogP contribution < -0.4 is 10.7 Å². The number of sulfonamides is 1. The highest BCUT2D eigenvalue weighted by Crippen LogP contribution is 2.27. The number of pyridine rings is 1. The van der Waals surface area contributed by atoms with Gasteiger partial charge in [-0.15, -0.1) is 0 Å². The molecule has 37 heavy (non-hydrogen) atoms. The molecule has 1 N–H and O–H groups in total. The third-order valence-electron chi connectivity index (χ3n) is 8.05. The third-order valence-corrected chi connectivity index (χ3v) is 9.96. The van der Waals surface area contributed by atoms with Crippen molar-refractivity contribution in [2.75, 3.05) is 33.2 Å². The lowest BCUT2D eigenvalue weighted by Crippen LogP contribution is -2.40. The molecule has 9 heteroatoms. The number of amides is 1. The van der Waals surface area contributed by atoms with Crippen molar-refractivity contribution in [3.63, 3.8) is 0 Å². The van der Waals surface area contributed by atoms with Gasteiger partial charge in [-0.05, 0) is 62.3 Å². The molecule has 8 nitrogen and oxygen atoms in total. The number of carbonyl (C=O) groups is 1. The number of nitrogens with zero attached hydrogens (tertiary/aromatic N) is 3. The molecule has 0 bridgehead atoms. The molecule has 2 heterocycles. The van der Waals surface area contributed by atoms with Crippen molar-refractivity contribution >= 4 is 26.8 Å². The average molecular weight is 531 g/mol. The fraction of sp³-hybridized carbons (Fsp3) is 0.643. The maximum absolute atomic E-state index is 13.4. The Bertz CT molecular complexity index is 1270. The number of aromatic nitrogens is 1. The van der Waals surface area contributed by atoms with Crippen LogP contribution in [-0.4, -0.2) is 67.4 Å². The molecule has 1 amide bonds. The molecule has 2 aromatic rings. The van der Waals surface area contributed by atoms with Crippen molar-refractivity contribution in [2.45, 2.75) is 69.7 Å². The van der Waals surface area contributed by atoms with Crippen LogP contribution in [0.3, 0.4) is 0 Å². The van der Waals surface area contributed by atoms with E-state index in [0.717, 1.165) is 58.2 Å². The summed E-state index contributed by atoms with van der Waals surface area (Å²) >= 11 is 0. The van der Waals surface area contributed by atoms with Gasteiger partial charge in [0.1, 0.15) is 5.56 Å². The lowest BCUT2D eigenvalue weighted by Gasteiger charge is -2.34. The monoisotopic (exact) mass is 530 g/mol. The van der Waals surface area contributed by atoms with Crippen LogP contribution in [0, 0.1) is 11.8 Å². The number of aryl methyl sites for hydroxylation is 1. The van der Waals surface area contributed by atoms with Gasteiger partial charge < -0.3 is 14.8 Å². The largest absolute Gasteiger partial charge is 0.352 e. The number of nitrogens with one attached hydrogen (secondary N) is 1. The van der Waals surface area contributed by atoms with E-state index in [1.807, 2.05) is 0 Å². The van der Waals surface area contributed by atoms with Crippen LogP contribution in [0.5, 0.6) is 0 Å².